The predicted octanol–water partition coefficient (Wildman–Crippen LogP) is 5.82. The molecule has 0 saturated heterocycles. The van der Waals surface area contributed by atoms with E-state index in [1.165, 1.54) is 51.4 Å². The van der Waals surface area contributed by atoms with Gasteiger partial charge in [-0.15, -0.1) is 0 Å². The van der Waals surface area contributed by atoms with Crippen molar-refractivity contribution in [2.75, 3.05) is 0 Å². The van der Waals surface area contributed by atoms with Gasteiger partial charge in [0.1, 0.15) is 0 Å². The molecule has 0 aromatic carbocycles. The molecule has 0 saturated carbocycles. The van der Waals surface area contributed by atoms with Crippen LogP contribution in [0.5, 0.6) is 0 Å². The first kappa shape index (κ1) is 13.6. The van der Waals surface area contributed by atoms with Gasteiger partial charge in [-0.2, -0.15) is 0 Å². The molecule has 0 bridgehead atoms. The second-order valence-electron chi connectivity index (χ2n) is 5.88. The Morgan fingerprint density at radius 1 is 1.11 bits per heavy atom. The van der Waals surface area contributed by atoms with Crippen LogP contribution in [0.1, 0.15) is 65.2 Å². The molecule has 18 heavy (non-hydrogen) atoms. The van der Waals surface area contributed by atoms with Crippen LogP contribution in [-0.2, 0) is 0 Å². The maximum atomic E-state index is 2.47. The van der Waals surface area contributed by atoms with Gasteiger partial charge in [0.15, 0.2) is 0 Å². The summed E-state index contributed by atoms with van der Waals surface area (Å²) in [5.74, 6) is 1.57. The third-order valence-corrected chi connectivity index (χ3v) is 4.62. The van der Waals surface area contributed by atoms with E-state index in [0.717, 1.165) is 11.8 Å². The molecule has 0 fully saturated rings. The van der Waals surface area contributed by atoms with E-state index in [-0.39, 0.29) is 0 Å². The number of allylic oxidation sites excluding steroid dienone is 6. The number of rotatable bonds is 8. The summed E-state index contributed by atoms with van der Waals surface area (Å²) in [6.45, 7) is 4.70. The standard InChI is InChI=1S/C18H28/c1-3-4-5-6-7-14-18(17-12-9-13-17)15(2)16-10-8-11-16/h6-7,10,12,15,18H,3-5,8-9,11,13-14H2,1-2H3. The Kier molecular flexibility index (Phi) is 5.28. The van der Waals surface area contributed by atoms with Crippen LogP contribution in [0.25, 0.3) is 0 Å². The third-order valence-electron chi connectivity index (χ3n) is 4.62. The first-order valence-electron chi connectivity index (χ1n) is 7.85. The Balaban J connectivity index is 1.87. The Bertz CT molecular complexity index is 343. The number of hydrogen-bond acceptors (Lipinski definition) is 0. The topological polar surface area (TPSA) is 0 Å². The zero-order valence-corrected chi connectivity index (χ0v) is 12.1. The van der Waals surface area contributed by atoms with Crippen molar-refractivity contribution in [3.63, 3.8) is 0 Å². The van der Waals surface area contributed by atoms with E-state index in [2.05, 4.69) is 38.2 Å². The lowest BCUT2D eigenvalue weighted by Gasteiger charge is -2.33. The molecule has 2 atom stereocenters. The molecule has 0 N–H and O–H groups in total. The van der Waals surface area contributed by atoms with Crippen LogP contribution in [0, 0.1) is 11.8 Å². The summed E-state index contributed by atoms with van der Waals surface area (Å²) in [6, 6.07) is 0. The Labute approximate surface area is 113 Å². The summed E-state index contributed by atoms with van der Waals surface area (Å²) in [6.07, 6.45) is 20.3. The molecule has 0 heteroatoms. The molecule has 0 aromatic rings. The van der Waals surface area contributed by atoms with Crippen LogP contribution in [0.3, 0.4) is 0 Å². The Hall–Kier alpha value is -0.780. The second kappa shape index (κ2) is 6.97. The van der Waals surface area contributed by atoms with Gasteiger partial charge in [0, 0.05) is 0 Å². The average molecular weight is 244 g/mol. The van der Waals surface area contributed by atoms with Gasteiger partial charge >= 0.3 is 0 Å². The monoisotopic (exact) mass is 244 g/mol. The molecule has 2 unspecified atom stereocenters. The normalized spacial score (nSPS) is 21.9. The minimum Gasteiger partial charge on any atom is -0.0885 e. The molecular formula is C18H28. The van der Waals surface area contributed by atoms with Crippen LogP contribution in [0.2, 0.25) is 0 Å². The lowest BCUT2D eigenvalue weighted by molar-refractivity contribution is 0.420. The maximum absolute atomic E-state index is 2.47. The van der Waals surface area contributed by atoms with Gasteiger partial charge in [0.25, 0.3) is 0 Å². The maximum Gasteiger partial charge on any atom is -0.0106 e. The molecule has 0 spiro atoms. The van der Waals surface area contributed by atoms with Crippen molar-refractivity contribution >= 4 is 0 Å². The van der Waals surface area contributed by atoms with Crippen LogP contribution < -0.4 is 0 Å². The summed E-state index contributed by atoms with van der Waals surface area (Å²) in [7, 11) is 0. The van der Waals surface area contributed by atoms with Crippen molar-refractivity contribution in [1.29, 1.82) is 0 Å². The molecule has 100 valence electrons. The first-order valence-corrected chi connectivity index (χ1v) is 7.85. The summed E-state index contributed by atoms with van der Waals surface area (Å²) < 4.78 is 0. The molecule has 0 aliphatic heterocycles. The van der Waals surface area contributed by atoms with Crippen LogP contribution in [0.4, 0.5) is 0 Å². The highest BCUT2D eigenvalue weighted by molar-refractivity contribution is 5.25. The molecule has 2 rings (SSSR count). The SMILES string of the molecule is CCCCC=CCC(C1=CCC1)C(C)C1=CCC1. The van der Waals surface area contributed by atoms with E-state index in [4.69, 9.17) is 0 Å². The van der Waals surface area contributed by atoms with Crippen LogP contribution >= 0.6 is 0 Å². The minimum absolute atomic E-state index is 0.779. The molecular weight excluding hydrogens is 216 g/mol. The van der Waals surface area contributed by atoms with Crippen LogP contribution in [-0.4, -0.2) is 0 Å². The highest BCUT2D eigenvalue weighted by Crippen LogP contribution is 2.40. The fourth-order valence-electron chi connectivity index (χ4n) is 2.99. The first-order chi connectivity index (χ1) is 8.83. The van der Waals surface area contributed by atoms with Crippen LogP contribution in [0.15, 0.2) is 35.5 Å². The van der Waals surface area contributed by atoms with Crippen molar-refractivity contribution in [2.24, 2.45) is 11.8 Å². The van der Waals surface area contributed by atoms with Crippen molar-refractivity contribution in [2.45, 2.75) is 65.2 Å². The molecule has 0 aromatic heterocycles. The molecule has 2 aliphatic rings. The fourth-order valence-corrected chi connectivity index (χ4v) is 2.99. The zero-order chi connectivity index (χ0) is 12.8. The van der Waals surface area contributed by atoms with Crippen molar-refractivity contribution < 1.29 is 0 Å². The largest absolute Gasteiger partial charge is 0.0885 e. The molecule has 0 amide bonds. The highest BCUT2D eigenvalue weighted by Gasteiger charge is 2.27. The molecule has 2 aliphatic carbocycles. The Morgan fingerprint density at radius 2 is 1.78 bits per heavy atom. The van der Waals surface area contributed by atoms with E-state index in [1.54, 1.807) is 11.1 Å². The number of hydrogen-bond donors (Lipinski definition) is 0. The van der Waals surface area contributed by atoms with Crippen molar-refractivity contribution in [3.8, 4) is 0 Å². The lowest BCUT2D eigenvalue weighted by Crippen LogP contribution is -2.21. The van der Waals surface area contributed by atoms with E-state index < -0.39 is 0 Å². The van der Waals surface area contributed by atoms with Gasteiger partial charge in [-0.25, -0.2) is 0 Å². The quantitative estimate of drug-likeness (QED) is 0.373. The van der Waals surface area contributed by atoms with Crippen molar-refractivity contribution in [3.05, 3.63) is 35.5 Å². The van der Waals surface area contributed by atoms with E-state index in [9.17, 15) is 0 Å². The smallest absolute Gasteiger partial charge is 0.0106 e. The minimum atomic E-state index is 0.779. The van der Waals surface area contributed by atoms with Gasteiger partial charge in [0.2, 0.25) is 0 Å². The number of unbranched alkanes of at least 4 members (excludes halogenated alkanes) is 2. The van der Waals surface area contributed by atoms with E-state index >= 15 is 0 Å². The molecule has 0 radical (unpaired) electrons. The van der Waals surface area contributed by atoms with E-state index in [1.807, 2.05) is 0 Å². The van der Waals surface area contributed by atoms with Gasteiger partial charge < -0.3 is 0 Å². The van der Waals surface area contributed by atoms with E-state index in [0.29, 0.717) is 0 Å². The van der Waals surface area contributed by atoms with Crippen molar-refractivity contribution in [1.82, 2.24) is 0 Å². The molecule has 0 heterocycles. The summed E-state index contributed by atoms with van der Waals surface area (Å²) in [5.41, 5.74) is 3.45. The zero-order valence-electron chi connectivity index (χ0n) is 12.1. The molecule has 0 nitrogen and oxygen atoms in total. The van der Waals surface area contributed by atoms with Gasteiger partial charge in [-0.3, -0.25) is 0 Å². The third kappa shape index (κ3) is 3.37. The van der Waals surface area contributed by atoms with Gasteiger partial charge in [0.05, 0.1) is 0 Å². The summed E-state index contributed by atoms with van der Waals surface area (Å²) >= 11 is 0. The fraction of sp³-hybridized carbons (Fsp3) is 0.667. The summed E-state index contributed by atoms with van der Waals surface area (Å²) in [5, 5.41) is 0. The van der Waals surface area contributed by atoms with Gasteiger partial charge in [-0.05, 0) is 50.4 Å². The summed E-state index contributed by atoms with van der Waals surface area (Å²) in [4.78, 5) is 0. The average Bonchev–Trinajstić information content (AvgIpc) is 2.22. The highest BCUT2D eigenvalue weighted by atomic mass is 14.3. The van der Waals surface area contributed by atoms with Gasteiger partial charge in [-0.1, -0.05) is 62.1 Å². The predicted molar refractivity (Wildman–Crippen MR) is 80.6 cm³/mol. The Morgan fingerprint density at radius 3 is 2.28 bits per heavy atom. The second-order valence-corrected chi connectivity index (χ2v) is 5.88. The lowest BCUT2D eigenvalue weighted by atomic mass is 9.72.